The highest BCUT2D eigenvalue weighted by Crippen LogP contribution is 2.26. The molecule has 1 aromatic carbocycles. The van der Waals surface area contributed by atoms with E-state index in [4.69, 9.17) is 4.74 Å². The Kier molecular flexibility index (Phi) is 4.53. The van der Waals surface area contributed by atoms with Crippen LogP contribution in [0.4, 0.5) is 0 Å². The standard InChI is InChI=1S/C16H20N2O/c1-12(14-8-4-5-10-16(14)19-3)18-13(2)15-9-6-7-11-17-15/h4-13,18H,1-3H3/t12?,13-/m1/s1. The molecule has 0 saturated carbocycles. The summed E-state index contributed by atoms with van der Waals surface area (Å²) in [4.78, 5) is 4.37. The van der Waals surface area contributed by atoms with Crippen LogP contribution in [0.1, 0.15) is 37.2 Å². The Bertz CT molecular complexity index is 513. The van der Waals surface area contributed by atoms with E-state index in [1.807, 2.05) is 42.6 Å². The molecule has 0 radical (unpaired) electrons. The van der Waals surface area contributed by atoms with Crippen molar-refractivity contribution >= 4 is 0 Å². The molecule has 0 aliphatic heterocycles. The van der Waals surface area contributed by atoms with Crippen molar-refractivity contribution in [1.82, 2.24) is 10.3 Å². The zero-order valence-corrected chi connectivity index (χ0v) is 11.6. The lowest BCUT2D eigenvalue weighted by Gasteiger charge is -2.21. The van der Waals surface area contributed by atoms with Gasteiger partial charge in [0, 0.05) is 23.8 Å². The van der Waals surface area contributed by atoms with Gasteiger partial charge in [-0.05, 0) is 32.0 Å². The Morgan fingerprint density at radius 3 is 2.42 bits per heavy atom. The first kappa shape index (κ1) is 13.6. The topological polar surface area (TPSA) is 34.1 Å². The predicted octanol–water partition coefficient (Wildman–Crippen LogP) is 3.50. The first-order valence-electron chi connectivity index (χ1n) is 6.52. The third kappa shape index (κ3) is 3.32. The third-order valence-corrected chi connectivity index (χ3v) is 3.24. The number of rotatable bonds is 5. The summed E-state index contributed by atoms with van der Waals surface area (Å²) in [6, 6.07) is 14.5. The quantitative estimate of drug-likeness (QED) is 0.889. The summed E-state index contributed by atoms with van der Waals surface area (Å²) >= 11 is 0. The summed E-state index contributed by atoms with van der Waals surface area (Å²) in [6.45, 7) is 4.26. The second-order valence-electron chi connectivity index (χ2n) is 4.61. The first-order valence-corrected chi connectivity index (χ1v) is 6.52. The summed E-state index contributed by atoms with van der Waals surface area (Å²) in [5, 5.41) is 3.54. The van der Waals surface area contributed by atoms with Crippen molar-refractivity contribution in [2.24, 2.45) is 0 Å². The molecule has 0 spiro atoms. The molecule has 100 valence electrons. The molecular formula is C16H20N2O. The van der Waals surface area contributed by atoms with Crippen LogP contribution in [0.15, 0.2) is 48.7 Å². The number of hydrogen-bond donors (Lipinski definition) is 1. The molecule has 3 heteroatoms. The molecule has 0 amide bonds. The molecule has 2 atom stereocenters. The maximum atomic E-state index is 5.40. The molecule has 0 aliphatic rings. The average Bonchev–Trinajstić information content (AvgIpc) is 2.48. The Hall–Kier alpha value is -1.87. The molecule has 0 saturated heterocycles. The van der Waals surface area contributed by atoms with Crippen LogP contribution < -0.4 is 10.1 Å². The number of aromatic nitrogens is 1. The van der Waals surface area contributed by atoms with Crippen LogP contribution in [-0.4, -0.2) is 12.1 Å². The molecule has 2 rings (SSSR count). The molecule has 1 heterocycles. The summed E-state index contributed by atoms with van der Waals surface area (Å²) in [5.41, 5.74) is 2.21. The van der Waals surface area contributed by atoms with E-state index in [9.17, 15) is 0 Å². The second kappa shape index (κ2) is 6.34. The van der Waals surface area contributed by atoms with Gasteiger partial charge in [-0.25, -0.2) is 0 Å². The number of para-hydroxylation sites is 1. The lowest BCUT2D eigenvalue weighted by Crippen LogP contribution is -2.23. The SMILES string of the molecule is COc1ccccc1C(C)N[C@H](C)c1ccccn1. The smallest absolute Gasteiger partial charge is 0.123 e. The third-order valence-electron chi connectivity index (χ3n) is 3.24. The lowest BCUT2D eigenvalue weighted by atomic mass is 10.1. The van der Waals surface area contributed by atoms with Gasteiger partial charge < -0.3 is 10.1 Å². The van der Waals surface area contributed by atoms with E-state index < -0.39 is 0 Å². The molecular weight excluding hydrogens is 236 g/mol. The van der Waals surface area contributed by atoms with E-state index in [-0.39, 0.29) is 12.1 Å². The molecule has 0 bridgehead atoms. The van der Waals surface area contributed by atoms with Crippen molar-refractivity contribution in [3.8, 4) is 5.75 Å². The van der Waals surface area contributed by atoms with Gasteiger partial charge in [0.15, 0.2) is 0 Å². The Balaban J connectivity index is 2.11. The van der Waals surface area contributed by atoms with E-state index in [0.29, 0.717) is 0 Å². The number of hydrogen-bond acceptors (Lipinski definition) is 3. The van der Waals surface area contributed by atoms with Gasteiger partial charge >= 0.3 is 0 Å². The van der Waals surface area contributed by atoms with Gasteiger partial charge in [0.05, 0.1) is 12.8 Å². The van der Waals surface area contributed by atoms with Crippen LogP contribution >= 0.6 is 0 Å². The molecule has 1 unspecified atom stereocenters. The van der Waals surface area contributed by atoms with Crippen molar-refractivity contribution in [2.45, 2.75) is 25.9 Å². The van der Waals surface area contributed by atoms with Gasteiger partial charge in [-0.3, -0.25) is 4.98 Å². The fourth-order valence-electron chi connectivity index (χ4n) is 2.21. The van der Waals surface area contributed by atoms with Gasteiger partial charge in [-0.1, -0.05) is 24.3 Å². The predicted molar refractivity (Wildman–Crippen MR) is 77.2 cm³/mol. The van der Waals surface area contributed by atoms with Crippen LogP contribution in [0.3, 0.4) is 0 Å². The van der Waals surface area contributed by atoms with Gasteiger partial charge in [-0.2, -0.15) is 0 Å². The van der Waals surface area contributed by atoms with Gasteiger partial charge in [0.2, 0.25) is 0 Å². The first-order chi connectivity index (χ1) is 9.22. The number of nitrogens with zero attached hydrogens (tertiary/aromatic N) is 1. The van der Waals surface area contributed by atoms with Crippen LogP contribution in [0.5, 0.6) is 5.75 Å². The van der Waals surface area contributed by atoms with Gasteiger partial charge in [-0.15, -0.1) is 0 Å². The molecule has 1 N–H and O–H groups in total. The molecule has 0 fully saturated rings. The summed E-state index contributed by atoms with van der Waals surface area (Å²) in [6.07, 6.45) is 1.82. The minimum atomic E-state index is 0.195. The maximum absolute atomic E-state index is 5.40. The largest absolute Gasteiger partial charge is 0.496 e. The normalized spacial score (nSPS) is 13.8. The van der Waals surface area contributed by atoms with Crippen LogP contribution in [0.2, 0.25) is 0 Å². The monoisotopic (exact) mass is 256 g/mol. The molecule has 0 aliphatic carbocycles. The number of ether oxygens (including phenoxy) is 1. The van der Waals surface area contributed by atoms with E-state index in [2.05, 4.69) is 30.2 Å². The van der Waals surface area contributed by atoms with Crippen molar-refractivity contribution in [1.29, 1.82) is 0 Å². The molecule has 2 aromatic rings. The van der Waals surface area contributed by atoms with E-state index in [1.54, 1.807) is 7.11 Å². The zero-order chi connectivity index (χ0) is 13.7. The lowest BCUT2D eigenvalue weighted by molar-refractivity contribution is 0.396. The van der Waals surface area contributed by atoms with Crippen molar-refractivity contribution < 1.29 is 4.74 Å². The highest BCUT2D eigenvalue weighted by Gasteiger charge is 2.14. The maximum Gasteiger partial charge on any atom is 0.123 e. The fraction of sp³-hybridized carbons (Fsp3) is 0.312. The van der Waals surface area contributed by atoms with Crippen LogP contribution in [-0.2, 0) is 0 Å². The van der Waals surface area contributed by atoms with E-state index in [0.717, 1.165) is 17.0 Å². The zero-order valence-electron chi connectivity index (χ0n) is 11.6. The van der Waals surface area contributed by atoms with E-state index >= 15 is 0 Å². The summed E-state index contributed by atoms with van der Waals surface area (Å²) < 4.78 is 5.40. The summed E-state index contributed by atoms with van der Waals surface area (Å²) in [5.74, 6) is 0.913. The summed E-state index contributed by atoms with van der Waals surface area (Å²) in [7, 11) is 1.70. The number of nitrogens with one attached hydrogen (secondary N) is 1. The van der Waals surface area contributed by atoms with E-state index in [1.165, 1.54) is 0 Å². The number of methoxy groups -OCH3 is 1. The Morgan fingerprint density at radius 2 is 1.74 bits per heavy atom. The van der Waals surface area contributed by atoms with Crippen LogP contribution in [0, 0.1) is 0 Å². The van der Waals surface area contributed by atoms with Crippen molar-refractivity contribution in [2.75, 3.05) is 7.11 Å². The highest BCUT2D eigenvalue weighted by molar-refractivity contribution is 5.35. The average molecular weight is 256 g/mol. The number of benzene rings is 1. The highest BCUT2D eigenvalue weighted by atomic mass is 16.5. The molecule has 3 nitrogen and oxygen atoms in total. The molecule has 1 aromatic heterocycles. The van der Waals surface area contributed by atoms with Gasteiger partial charge in [0.1, 0.15) is 5.75 Å². The van der Waals surface area contributed by atoms with Crippen LogP contribution in [0.25, 0.3) is 0 Å². The molecule has 19 heavy (non-hydrogen) atoms. The van der Waals surface area contributed by atoms with Crippen molar-refractivity contribution in [3.05, 3.63) is 59.9 Å². The van der Waals surface area contributed by atoms with Gasteiger partial charge in [0.25, 0.3) is 0 Å². The fourth-order valence-corrected chi connectivity index (χ4v) is 2.21. The minimum Gasteiger partial charge on any atom is -0.496 e. The Labute approximate surface area is 114 Å². The second-order valence-corrected chi connectivity index (χ2v) is 4.61. The Morgan fingerprint density at radius 1 is 1.00 bits per heavy atom. The van der Waals surface area contributed by atoms with Crippen molar-refractivity contribution in [3.63, 3.8) is 0 Å². The number of pyridine rings is 1. The minimum absolute atomic E-state index is 0.195.